The van der Waals surface area contributed by atoms with Gasteiger partial charge in [0.05, 0.1) is 19.2 Å². The van der Waals surface area contributed by atoms with Crippen LogP contribution in [-0.2, 0) is 11.3 Å². The van der Waals surface area contributed by atoms with Crippen LogP contribution in [0.4, 0.5) is 4.79 Å². The summed E-state index contributed by atoms with van der Waals surface area (Å²) in [5.41, 5.74) is 0.686. The van der Waals surface area contributed by atoms with Gasteiger partial charge in [-0.1, -0.05) is 23.2 Å². The van der Waals surface area contributed by atoms with Gasteiger partial charge in [0, 0.05) is 17.1 Å². The van der Waals surface area contributed by atoms with Crippen LogP contribution >= 0.6 is 23.2 Å². The number of alkyl carbamates (subject to hydrolysis) is 1. The second-order valence-electron chi connectivity index (χ2n) is 2.93. The van der Waals surface area contributed by atoms with Crippen molar-refractivity contribution in [1.29, 1.82) is 0 Å². The van der Waals surface area contributed by atoms with Gasteiger partial charge in [-0.3, -0.25) is 0 Å². The van der Waals surface area contributed by atoms with Crippen LogP contribution < -0.4 is 10.1 Å². The first-order valence-corrected chi connectivity index (χ1v) is 5.17. The van der Waals surface area contributed by atoms with Crippen molar-refractivity contribution < 1.29 is 14.3 Å². The minimum Gasteiger partial charge on any atom is -0.495 e. The SMILES string of the molecule is COC(=O)NCc1cc(Cl)cc(Cl)c1OC. The molecule has 1 amide bonds. The highest BCUT2D eigenvalue weighted by Crippen LogP contribution is 2.31. The number of nitrogens with one attached hydrogen (secondary N) is 1. The molecule has 0 bridgehead atoms. The zero-order valence-electron chi connectivity index (χ0n) is 8.84. The first-order valence-electron chi connectivity index (χ1n) is 4.42. The lowest BCUT2D eigenvalue weighted by Gasteiger charge is -2.11. The molecule has 0 radical (unpaired) electrons. The molecule has 0 aliphatic rings. The fourth-order valence-corrected chi connectivity index (χ4v) is 1.83. The van der Waals surface area contributed by atoms with Crippen LogP contribution in [0.1, 0.15) is 5.56 Å². The van der Waals surface area contributed by atoms with Gasteiger partial charge < -0.3 is 14.8 Å². The van der Waals surface area contributed by atoms with Crippen LogP contribution in [0.2, 0.25) is 10.0 Å². The molecule has 1 N–H and O–H groups in total. The number of carbonyl (C=O) groups excluding carboxylic acids is 1. The molecular weight excluding hydrogens is 253 g/mol. The summed E-state index contributed by atoms with van der Waals surface area (Å²) < 4.78 is 9.56. The summed E-state index contributed by atoms with van der Waals surface area (Å²) in [6, 6.07) is 3.24. The average molecular weight is 264 g/mol. The minimum atomic E-state index is -0.529. The second kappa shape index (κ2) is 5.82. The number of carbonyl (C=O) groups is 1. The highest BCUT2D eigenvalue weighted by atomic mass is 35.5. The third kappa shape index (κ3) is 3.18. The zero-order chi connectivity index (χ0) is 12.1. The summed E-state index contributed by atoms with van der Waals surface area (Å²) in [7, 11) is 2.79. The zero-order valence-corrected chi connectivity index (χ0v) is 10.4. The molecular formula is C10H11Cl2NO3. The molecule has 0 aliphatic carbocycles. The van der Waals surface area contributed by atoms with E-state index in [0.717, 1.165) is 0 Å². The van der Waals surface area contributed by atoms with Gasteiger partial charge in [0.2, 0.25) is 0 Å². The molecule has 0 atom stereocenters. The molecule has 0 heterocycles. The highest BCUT2D eigenvalue weighted by Gasteiger charge is 2.10. The Morgan fingerprint density at radius 3 is 2.62 bits per heavy atom. The van der Waals surface area contributed by atoms with Gasteiger partial charge >= 0.3 is 6.09 Å². The lowest BCUT2D eigenvalue weighted by atomic mass is 10.2. The molecule has 0 aliphatic heterocycles. The maximum atomic E-state index is 10.9. The first kappa shape index (κ1) is 12.9. The standard InChI is InChI=1S/C10H11Cl2NO3/c1-15-9-6(5-13-10(14)16-2)3-7(11)4-8(9)12/h3-4H,5H2,1-2H3,(H,13,14). The van der Waals surface area contributed by atoms with E-state index in [2.05, 4.69) is 10.1 Å². The van der Waals surface area contributed by atoms with Gasteiger partial charge in [0.25, 0.3) is 0 Å². The van der Waals surface area contributed by atoms with E-state index in [1.165, 1.54) is 14.2 Å². The number of hydrogen-bond donors (Lipinski definition) is 1. The average Bonchev–Trinajstić information content (AvgIpc) is 2.25. The van der Waals surface area contributed by atoms with E-state index >= 15 is 0 Å². The van der Waals surface area contributed by atoms with Crippen LogP contribution in [0, 0.1) is 0 Å². The Morgan fingerprint density at radius 1 is 1.38 bits per heavy atom. The number of benzene rings is 1. The Balaban J connectivity index is 2.89. The molecule has 0 spiro atoms. The van der Waals surface area contributed by atoms with Gasteiger partial charge in [0.15, 0.2) is 0 Å². The molecule has 88 valence electrons. The summed E-state index contributed by atoms with van der Waals surface area (Å²) in [6.45, 7) is 0.232. The van der Waals surface area contributed by atoms with Gasteiger partial charge in [-0.05, 0) is 12.1 Å². The van der Waals surface area contributed by atoms with Gasteiger partial charge in [-0.2, -0.15) is 0 Å². The number of halogens is 2. The van der Waals surface area contributed by atoms with Crippen molar-refractivity contribution in [3.8, 4) is 5.75 Å². The summed E-state index contributed by atoms with van der Waals surface area (Å²) in [5.74, 6) is 0.488. The summed E-state index contributed by atoms with van der Waals surface area (Å²) >= 11 is 11.8. The van der Waals surface area contributed by atoms with Crippen LogP contribution in [0.3, 0.4) is 0 Å². The number of amides is 1. The quantitative estimate of drug-likeness (QED) is 0.913. The van der Waals surface area contributed by atoms with Gasteiger partial charge in [0.1, 0.15) is 5.75 Å². The molecule has 4 nitrogen and oxygen atoms in total. The Bertz CT molecular complexity index is 396. The van der Waals surface area contributed by atoms with Crippen molar-refractivity contribution in [1.82, 2.24) is 5.32 Å². The predicted molar refractivity (Wildman–Crippen MR) is 62.3 cm³/mol. The Morgan fingerprint density at radius 2 is 2.06 bits per heavy atom. The van der Waals surface area contributed by atoms with Crippen molar-refractivity contribution in [2.45, 2.75) is 6.54 Å². The predicted octanol–water partition coefficient (Wildman–Crippen LogP) is 2.86. The Hall–Kier alpha value is -1.13. The molecule has 0 fully saturated rings. The normalized spacial score (nSPS) is 9.75. The molecule has 16 heavy (non-hydrogen) atoms. The summed E-state index contributed by atoms with van der Waals surface area (Å²) in [6.07, 6.45) is -0.529. The third-order valence-electron chi connectivity index (χ3n) is 1.90. The Kier molecular flexibility index (Phi) is 4.71. The van der Waals surface area contributed by atoms with E-state index in [0.29, 0.717) is 21.4 Å². The maximum Gasteiger partial charge on any atom is 0.407 e. The van der Waals surface area contributed by atoms with Crippen molar-refractivity contribution in [3.05, 3.63) is 27.7 Å². The van der Waals surface area contributed by atoms with E-state index in [1.54, 1.807) is 12.1 Å². The molecule has 0 aromatic heterocycles. The van der Waals surface area contributed by atoms with Crippen LogP contribution in [-0.4, -0.2) is 20.3 Å². The molecule has 1 aromatic rings. The highest BCUT2D eigenvalue weighted by molar-refractivity contribution is 6.35. The number of methoxy groups -OCH3 is 2. The monoisotopic (exact) mass is 263 g/mol. The van der Waals surface area contributed by atoms with Gasteiger partial charge in [-0.15, -0.1) is 0 Å². The van der Waals surface area contributed by atoms with Crippen LogP contribution in [0.5, 0.6) is 5.75 Å². The van der Waals surface area contributed by atoms with Gasteiger partial charge in [-0.25, -0.2) is 4.79 Å². The first-order chi connectivity index (χ1) is 7.58. The topological polar surface area (TPSA) is 47.6 Å². The molecule has 0 saturated carbocycles. The van der Waals surface area contributed by atoms with Crippen molar-refractivity contribution in [3.63, 3.8) is 0 Å². The minimum absolute atomic E-state index is 0.232. The fraction of sp³-hybridized carbons (Fsp3) is 0.300. The smallest absolute Gasteiger partial charge is 0.407 e. The largest absolute Gasteiger partial charge is 0.495 e. The molecule has 0 saturated heterocycles. The van der Waals surface area contributed by atoms with E-state index in [1.807, 2.05) is 0 Å². The van der Waals surface area contributed by atoms with E-state index < -0.39 is 6.09 Å². The number of rotatable bonds is 3. The fourth-order valence-electron chi connectivity index (χ4n) is 1.21. The lowest BCUT2D eigenvalue weighted by Crippen LogP contribution is -2.22. The van der Waals surface area contributed by atoms with Crippen molar-refractivity contribution >= 4 is 29.3 Å². The Labute approximate surface area is 103 Å². The van der Waals surface area contributed by atoms with E-state index in [4.69, 9.17) is 27.9 Å². The number of hydrogen-bond acceptors (Lipinski definition) is 3. The van der Waals surface area contributed by atoms with Crippen LogP contribution in [0.15, 0.2) is 12.1 Å². The van der Waals surface area contributed by atoms with E-state index in [-0.39, 0.29) is 6.54 Å². The molecule has 1 aromatic carbocycles. The van der Waals surface area contributed by atoms with E-state index in [9.17, 15) is 4.79 Å². The molecule has 0 unspecified atom stereocenters. The lowest BCUT2D eigenvalue weighted by molar-refractivity contribution is 0.170. The summed E-state index contributed by atoms with van der Waals surface area (Å²) in [5, 5.41) is 3.40. The third-order valence-corrected chi connectivity index (χ3v) is 2.40. The second-order valence-corrected chi connectivity index (χ2v) is 3.77. The number of ether oxygens (including phenoxy) is 2. The molecule has 6 heteroatoms. The maximum absolute atomic E-state index is 10.9. The van der Waals surface area contributed by atoms with Crippen LogP contribution in [0.25, 0.3) is 0 Å². The van der Waals surface area contributed by atoms with Crippen molar-refractivity contribution in [2.75, 3.05) is 14.2 Å². The summed E-state index contributed by atoms with van der Waals surface area (Å²) in [4.78, 5) is 10.9. The van der Waals surface area contributed by atoms with Crippen molar-refractivity contribution in [2.24, 2.45) is 0 Å². The molecule has 1 rings (SSSR count).